The monoisotopic (exact) mass is 266 g/mol. The van der Waals surface area contributed by atoms with E-state index in [4.69, 9.17) is 11.6 Å². The number of rotatable bonds is 4. The molecule has 0 bridgehead atoms. The van der Waals surface area contributed by atoms with Crippen LogP contribution in [0.2, 0.25) is 0 Å². The summed E-state index contributed by atoms with van der Waals surface area (Å²) < 4.78 is 0. The molecule has 1 aliphatic heterocycles. The summed E-state index contributed by atoms with van der Waals surface area (Å²) in [6, 6.07) is 9.90. The highest BCUT2D eigenvalue weighted by atomic mass is 35.5. The number of alkyl halides is 1. The molecule has 1 aromatic rings. The molecule has 1 aliphatic rings. The van der Waals surface area contributed by atoms with E-state index in [1.165, 1.54) is 6.42 Å². The molecule has 2 unspecified atom stereocenters. The lowest BCUT2D eigenvalue weighted by Gasteiger charge is -2.20. The van der Waals surface area contributed by atoms with E-state index >= 15 is 0 Å². The summed E-state index contributed by atoms with van der Waals surface area (Å²) in [6.07, 6.45) is 2.36. The van der Waals surface area contributed by atoms with Gasteiger partial charge in [0.25, 0.3) is 0 Å². The molecule has 0 aliphatic carbocycles. The van der Waals surface area contributed by atoms with E-state index < -0.39 is 5.38 Å². The Kier molecular flexibility index (Phi) is 4.61. The van der Waals surface area contributed by atoms with Crippen molar-refractivity contribution in [2.45, 2.75) is 24.3 Å². The summed E-state index contributed by atoms with van der Waals surface area (Å²) in [5.74, 6) is -0.108. The lowest BCUT2D eigenvalue weighted by Crippen LogP contribution is -2.39. The van der Waals surface area contributed by atoms with Crippen LogP contribution in [0.4, 0.5) is 0 Å². The first-order valence-corrected chi connectivity index (χ1v) is 6.79. The molecular weight excluding hydrogens is 248 g/mol. The van der Waals surface area contributed by atoms with Crippen LogP contribution in [-0.4, -0.2) is 37.0 Å². The Hall–Kier alpha value is -1.06. The van der Waals surface area contributed by atoms with Gasteiger partial charge in [0.05, 0.1) is 0 Å². The minimum Gasteiger partial charge on any atom is -0.353 e. The fourth-order valence-electron chi connectivity index (χ4n) is 2.32. The van der Waals surface area contributed by atoms with Crippen molar-refractivity contribution in [3.05, 3.63) is 35.9 Å². The van der Waals surface area contributed by atoms with Crippen LogP contribution in [0.3, 0.4) is 0 Å². The molecule has 1 heterocycles. The zero-order valence-corrected chi connectivity index (χ0v) is 11.4. The zero-order chi connectivity index (χ0) is 13.0. The Labute approximate surface area is 113 Å². The second-order valence-corrected chi connectivity index (χ2v) is 5.23. The van der Waals surface area contributed by atoms with E-state index in [0.717, 1.165) is 18.5 Å². The standard InChI is InChI=1S/C14H19ClN2O/c1-17-9-5-8-12(17)10-16-14(18)13(15)11-6-3-2-4-7-11/h2-4,6-7,12-13H,5,8-10H2,1H3,(H,16,18). The molecule has 1 fully saturated rings. The fraction of sp³-hybridized carbons (Fsp3) is 0.500. The third-order valence-corrected chi connectivity index (χ3v) is 3.96. The van der Waals surface area contributed by atoms with Gasteiger partial charge >= 0.3 is 0 Å². The summed E-state index contributed by atoms with van der Waals surface area (Å²) in [4.78, 5) is 14.2. The number of likely N-dealkylation sites (tertiary alicyclic amines) is 1. The highest BCUT2D eigenvalue weighted by Crippen LogP contribution is 2.20. The lowest BCUT2D eigenvalue weighted by atomic mass is 10.1. The molecule has 0 spiro atoms. The van der Waals surface area contributed by atoms with Gasteiger partial charge < -0.3 is 10.2 Å². The molecule has 0 radical (unpaired) electrons. The first-order valence-electron chi connectivity index (χ1n) is 6.35. The highest BCUT2D eigenvalue weighted by Gasteiger charge is 2.23. The Balaban J connectivity index is 1.84. The van der Waals surface area contributed by atoms with Crippen molar-refractivity contribution in [2.24, 2.45) is 0 Å². The zero-order valence-electron chi connectivity index (χ0n) is 10.6. The molecule has 0 saturated carbocycles. The maximum absolute atomic E-state index is 11.9. The van der Waals surface area contributed by atoms with Gasteiger partial charge in [-0.1, -0.05) is 30.3 Å². The summed E-state index contributed by atoms with van der Waals surface area (Å²) >= 11 is 6.15. The predicted molar refractivity (Wildman–Crippen MR) is 73.7 cm³/mol. The van der Waals surface area contributed by atoms with Crippen LogP contribution < -0.4 is 5.32 Å². The lowest BCUT2D eigenvalue weighted by molar-refractivity contribution is -0.121. The average Bonchev–Trinajstić information content (AvgIpc) is 2.81. The number of carbonyl (C=O) groups excluding carboxylic acids is 1. The van der Waals surface area contributed by atoms with Crippen LogP contribution in [0.5, 0.6) is 0 Å². The van der Waals surface area contributed by atoms with E-state index in [-0.39, 0.29) is 5.91 Å². The molecule has 1 N–H and O–H groups in total. The van der Waals surface area contributed by atoms with Crippen molar-refractivity contribution in [3.8, 4) is 0 Å². The molecule has 4 heteroatoms. The second kappa shape index (κ2) is 6.21. The molecule has 2 rings (SSSR count). The molecule has 1 saturated heterocycles. The van der Waals surface area contributed by atoms with Crippen molar-refractivity contribution in [3.63, 3.8) is 0 Å². The van der Waals surface area contributed by atoms with E-state index in [2.05, 4.69) is 17.3 Å². The predicted octanol–water partition coefficient (Wildman–Crippen LogP) is 2.18. The van der Waals surface area contributed by atoms with E-state index in [0.29, 0.717) is 12.6 Å². The summed E-state index contributed by atoms with van der Waals surface area (Å²) in [6.45, 7) is 1.80. The quantitative estimate of drug-likeness (QED) is 0.848. The van der Waals surface area contributed by atoms with Gasteiger partial charge in [0.2, 0.25) is 5.91 Å². The minimum absolute atomic E-state index is 0.108. The number of likely N-dealkylation sites (N-methyl/N-ethyl adjacent to an activating group) is 1. The SMILES string of the molecule is CN1CCCC1CNC(=O)C(Cl)c1ccccc1. The number of halogens is 1. The molecular formula is C14H19ClN2O. The molecule has 1 amide bonds. The van der Waals surface area contributed by atoms with E-state index in [1.807, 2.05) is 30.3 Å². The number of hydrogen-bond acceptors (Lipinski definition) is 2. The van der Waals surface area contributed by atoms with Gasteiger partial charge in [-0.3, -0.25) is 4.79 Å². The van der Waals surface area contributed by atoms with Crippen LogP contribution in [0.15, 0.2) is 30.3 Å². The highest BCUT2D eigenvalue weighted by molar-refractivity contribution is 6.30. The van der Waals surface area contributed by atoms with Crippen molar-refractivity contribution >= 4 is 17.5 Å². The van der Waals surface area contributed by atoms with Crippen molar-refractivity contribution in [1.82, 2.24) is 10.2 Å². The first-order chi connectivity index (χ1) is 8.68. The van der Waals surface area contributed by atoms with Gasteiger partial charge in [-0.05, 0) is 32.0 Å². The van der Waals surface area contributed by atoms with Gasteiger partial charge in [-0.15, -0.1) is 11.6 Å². The van der Waals surface area contributed by atoms with Gasteiger partial charge in [0.1, 0.15) is 5.38 Å². The number of hydrogen-bond donors (Lipinski definition) is 1. The summed E-state index contributed by atoms with van der Waals surface area (Å²) in [5, 5.41) is 2.34. The maximum Gasteiger partial charge on any atom is 0.242 e. The van der Waals surface area contributed by atoms with Crippen LogP contribution >= 0.6 is 11.6 Å². The van der Waals surface area contributed by atoms with Gasteiger partial charge in [0.15, 0.2) is 0 Å². The number of amides is 1. The summed E-state index contributed by atoms with van der Waals surface area (Å²) in [7, 11) is 2.10. The normalized spacial score (nSPS) is 21.8. The molecule has 0 aromatic heterocycles. The molecule has 98 valence electrons. The van der Waals surface area contributed by atoms with Gasteiger partial charge in [-0.2, -0.15) is 0 Å². The van der Waals surface area contributed by atoms with Crippen LogP contribution in [0.1, 0.15) is 23.8 Å². The smallest absolute Gasteiger partial charge is 0.242 e. The molecule has 18 heavy (non-hydrogen) atoms. The van der Waals surface area contributed by atoms with Crippen molar-refractivity contribution in [2.75, 3.05) is 20.1 Å². The van der Waals surface area contributed by atoms with E-state index in [9.17, 15) is 4.79 Å². The van der Waals surface area contributed by atoms with Crippen LogP contribution in [-0.2, 0) is 4.79 Å². The Morgan fingerprint density at radius 3 is 2.83 bits per heavy atom. The largest absolute Gasteiger partial charge is 0.353 e. The van der Waals surface area contributed by atoms with Crippen LogP contribution in [0.25, 0.3) is 0 Å². The number of nitrogens with zero attached hydrogens (tertiary/aromatic N) is 1. The summed E-state index contributed by atoms with van der Waals surface area (Å²) in [5.41, 5.74) is 0.844. The Bertz CT molecular complexity index is 396. The van der Waals surface area contributed by atoms with Crippen molar-refractivity contribution in [1.29, 1.82) is 0 Å². The third-order valence-electron chi connectivity index (χ3n) is 3.51. The molecule has 3 nitrogen and oxygen atoms in total. The first kappa shape index (κ1) is 13.4. The van der Waals surface area contributed by atoms with Gasteiger partial charge in [-0.25, -0.2) is 0 Å². The third kappa shape index (κ3) is 3.24. The van der Waals surface area contributed by atoms with Gasteiger partial charge in [0, 0.05) is 12.6 Å². The number of benzene rings is 1. The second-order valence-electron chi connectivity index (χ2n) is 4.80. The Morgan fingerprint density at radius 1 is 1.50 bits per heavy atom. The van der Waals surface area contributed by atoms with E-state index in [1.54, 1.807) is 0 Å². The fourth-order valence-corrected chi connectivity index (χ4v) is 2.54. The molecule has 2 atom stereocenters. The van der Waals surface area contributed by atoms with Crippen LogP contribution in [0, 0.1) is 0 Å². The average molecular weight is 267 g/mol. The topological polar surface area (TPSA) is 32.3 Å². The van der Waals surface area contributed by atoms with Crippen molar-refractivity contribution < 1.29 is 4.79 Å². The number of nitrogens with one attached hydrogen (secondary N) is 1. The number of carbonyl (C=O) groups is 1. The Morgan fingerprint density at radius 2 is 2.22 bits per heavy atom. The molecule has 1 aromatic carbocycles. The minimum atomic E-state index is -0.599. The maximum atomic E-state index is 11.9.